The summed E-state index contributed by atoms with van der Waals surface area (Å²) in [6, 6.07) is 5.20. The number of nitrogens with zero attached hydrogens (tertiary/aromatic N) is 1. The fraction of sp³-hybridized carbons (Fsp3) is 0.385. The molecule has 1 amide bonds. The second kappa shape index (κ2) is 7.78. The third kappa shape index (κ3) is 4.90. The van der Waals surface area contributed by atoms with Crippen LogP contribution in [0.5, 0.6) is 0 Å². The number of rotatable bonds is 6. The van der Waals surface area contributed by atoms with Crippen molar-refractivity contribution in [2.45, 2.75) is 32.6 Å². The van der Waals surface area contributed by atoms with Crippen LogP contribution in [0.2, 0.25) is 0 Å². The summed E-state index contributed by atoms with van der Waals surface area (Å²) in [4.78, 5) is 11.8. The molecule has 4 N–H and O–H groups in total. The number of carbonyl (C=O) groups excluding carboxylic acids is 1. The van der Waals surface area contributed by atoms with Crippen molar-refractivity contribution in [2.24, 2.45) is 10.9 Å². The maximum absolute atomic E-state index is 11.8. The number of hydrogen-bond donors (Lipinski definition) is 3. The second-order valence-electron chi connectivity index (χ2n) is 4.18. The molecule has 0 heterocycles. The first-order chi connectivity index (χ1) is 9.08. The van der Waals surface area contributed by atoms with Crippen molar-refractivity contribution >= 4 is 33.4 Å². The third-order valence-corrected chi connectivity index (χ3v) is 3.14. The van der Waals surface area contributed by atoms with Crippen LogP contribution in [-0.4, -0.2) is 17.0 Å². The molecule has 0 bridgehead atoms. The van der Waals surface area contributed by atoms with Gasteiger partial charge in [0, 0.05) is 16.5 Å². The second-order valence-corrected chi connectivity index (χ2v) is 5.10. The van der Waals surface area contributed by atoms with Gasteiger partial charge in [-0.3, -0.25) is 4.79 Å². The molecular weight excluding hydrogens is 310 g/mol. The average Bonchev–Trinajstić information content (AvgIpc) is 2.40. The minimum Gasteiger partial charge on any atom is -0.409 e. The van der Waals surface area contributed by atoms with E-state index in [1.54, 1.807) is 18.2 Å². The molecule has 0 aromatic heterocycles. The molecule has 0 radical (unpaired) electrons. The van der Waals surface area contributed by atoms with Gasteiger partial charge >= 0.3 is 0 Å². The Morgan fingerprint density at radius 3 is 2.84 bits per heavy atom. The smallest absolute Gasteiger partial charge is 0.224 e. The SMILES string of the molecule is CCCCCC(=O)Nc1ccc(Br)cc1/C(N)=N/O. The van der Waals surface area contributed by atoms with Gasteiger partial charge < -0.3 is 16.3 Å². The van der Waals surface area contributed by atoms with Gasteiger partial charge in [0.2, 0.25) is 5.91 Å². The Morgan fingerprint density at radius 1 is 1.47 bits per heavy atom. The number of carbonyl (C=O) groups is 1. The highest BCUT2D eigenvalue weighted by Gasteiger charge is 2.10. The molecule has 6 heteroatoms. The number of hydrogen-bond acceptors (Lipinski definition) is 3. The summed E-state index contributed by atoms with van der Waals surface area (Å²) < 4.78 is 0.790. The van der Waals surface area contributed by atoms with Crippen LogP contribution >= 0.6 is 15.9 Å². The summed E-state index contributed by atoms with van der Waals surface area (Å²) in [5, 5.41) is 14.5. The molecule has 19 heavy (non-hydrogen) atoms. The van der Waals surface area contributed by atoms with E-state index < -0.39 is 0 Å². The van der Waals surface area contributed by atoms with Gasteiger partial charge in [0.1, 0.15) is 0 Å². The number of anilines is 1. The number of amidine groups is 1. The number of nitrogens with two attached hydrogens (primary N) is 1. The highest BCUT2D eigenvalue weighted by atomic mass is 79.9. The van der Waals surface area contributed by atoms with Crippen molar-refractivity contribution in [3.05, 3.63) is 28.2 Å². The van der Waals surface area contributed by atoms with Crippen molar-refractivity contribution in [1.82, 2.24) is 0 Å². The van der Waals surface area contributed by atoms with Crippen LogP contribution in [0.25, 0.3) is 0 Å². The zero-order chi connectivity index (χ0) is 14.3. The van der Waals surface area contributed by atoms with Crippen molar-refractivity contribution in [2.75, 3.05) is 5.32 Å². The fourth-order valence-electron chi connectivity index (χ4n) is 1.64. The molecule has 1 aromatic carbocycles. The van der Waals surface area contributed by atoms with Crippen LogP contribution in [0.15, 0.2) is 27.8 Å². The highest BCUT2D eigenvalue weighted by molar-refractivity contribution is 9.10. The van der Waals surface area contributed by atoms with E-state index in [0.29, 0.717) is 17.7 Å². The monoisotopic (exact) mass is 327 g/mol. The molecular formula is C13H18BrN3O2. The predicted octanol–water partition coefficient (Wildman–Crippen LogP) is 3.06. The van der Waals surface area contributed by atoms with E-state index in [0.717, 1.165) is 23.7 Å². The van der Waals surface area contributed by atoms with E-state index in [4.69, 9.17) is 10.9 Å². The molecule has 0 unspecified atom stereocenters. The van der Waals surface area contributed by atoms with Crippen LogP contribution in [0.1, 0.15) is 38.2 Å². The molecule has 0 saturated heterocycles. The molecule has 0 aliphatic rings. The number of oxime groups is 1. The Balaban J connectivity index is 2.80. The number of unbranched alkanes of at least 4 members (excludes halogenated alkanes) is 2. The predicted molar refractivity (Wildman–Crippen MR) is 79.4 cm³/mol. The maximum Gasteiger partial charge on any atom is 0.224 e. The minimum absolute atomic E-state index is 0.0369. The molecule has 1 rings (SSSR count). The highest BCUT2D eigenvalue weighted by Crippen LogP contribution is 2.21. The molecule has 0 aliphatic carbocycles. The summed E-state index contributed by atoms with van der Waals surface area (Å²) in [5.74, 6) is -0.104. The summed E-state index contributed by atoms with van der Waals surface area (Å²) in [6.45, 7) is 2.09. The third-order valence-electron chi connectivity index (χ3n) is 2.65. The largest absolute Gasteiger partial charge is 0.409 e. The van der Waals surface area contributed by atoms with Gasteiger partial charge in [-0.2, -0.15) is 0 Å². The van der Waals surface area contributed by atoms with Crippen LogP contribution in [-0.2, 0) is 4.79 Å². The van der Waals surface area contributed by atoms with Crippen molar-refractivity contribution < 1.29 is 10.0 Å². The lowest BCUT2D eigenvalue weighted by Gasteiger charge is -2.10. The van der Waals surface area contributed by atoms with E-state index in [1.807, 2.05) is 0 Å². The summed E-state index contributed by atoms with van der Waals surface area (Å²) >= 11 is 3.31. The number of amides is 1. The van der Waals surface area contributed by atoms with Gasteiger partial charge in [-0.25, -0.2) is 0 Å². The molecule has 0 atom stereocenters. The zero-order valence-corrected chi connectivity index (χ0v) is 12.4. The first-order valence-corrected chi connectivity index (χ1v) is 6.95. The van der Waals surface area contributed by atoms with Gasteiger partial charge in [0.15, 0.2) is 5.84 Å². The first-order valence-electron chi connectivity index (χ1n) is 6.15. The Bertz CT molecular complexity index is 475. The zero-order valence-electron chi connectivity index (χ0n) is 10.8. The normalized spacial score (nSPS) is 11.4. The molecule has 0 aliphatic heterocycles. The molecule has 1 aromatic rings. The van der Waals surface area contributed by atoms with Crippen molar-refractivity contribution in [3.63, 3.8) is 0 Å². The number of benzene rings is 1. The van der Waals surface area contributed by atoms with Crippen molar-refractivity contribution in [1.29, 1.82) is 0 Å². The maximum atomic E-state index is 11.8. The van der Waals surface area contributed by atoms with Crippen LogP contribution < -0.4 is 11.1 Å². The lowest BCUT2D eigenvalue weighted by molar-refractivity contribution is -0.116. The van der Waals surface area contributed by atoms with Crippen LogP contribution in [0.4, 0.5) is 5.69 Å². The molecule has 0 fully saturated rings. The van der Waals surface area contributed by atoms with Gasteiger partial charge in [0.05, 0.1) is 5.69 Å². The topological polar surface area (TPSA) is 87.7 Å². The van der Waals surface area contributed by atoms with Gasteiger partial charge in [-0.1, -0.05) is 40.9 Å². The van der Waals surface area contributed by atoms with E-state index >= 15 is 0 Å². The molecule has 0 saturated carbocycles. The van der Waals surface area contributed by atoms with E-state index in [9.17, 15) is 4.79 Å². The van der Waals surface area contributed by atoms with Gasteiger partial charge in [-0.05, 0) is 24.6 Å². The number of nitrogens with one attached hydrogen (secondary N) is 1. The Hall–Kier alpha value is -1.56. The quantitative estimate of drug-likeness (QED) is 0.247. The van der Waals surface area contributed by atoms with Crippen LogP contribution in [0, 0.1) is 0 Å². The Morgan fingerprint density at radius 2 is 2.21 bits per heavy atom. The number of halogens is 1. The van der Waals surface area contributed by atoms with Crippen molar-refractivity contribution in [3.8, 4) is 0 Å². The lowest BCUT2D eigenvalue weighted by Crippen LogP contribution is -2.19. The lowest BCUT2D eigenvalue weighted by atomic mass is 10.1. The molecule has 5 nitrogen and oxygen atoms in total. The summed E-state index contributed by atoms with van der Waals surface area (Å²) in [5.41, 5.74) is 6.62. The van der Waals surface area contributed by atoms with Crippen LogP contribution in [0.3, 0.4) is 0 Å². The minimum atomic E-state index is -0.0669. The molecule has 0 spiro atoms. The molecule has 104 valence electrons. The Kier molecular flexibility index (Phi) is 6.35. The van der Waals surface area contributed by atoms with E-state index in [-0.39, 0.29) is 11.7 Å². The van der Waals surface area contributed by atoms with E-state index in [1.165, 1.54) is 0 Å². The fourth-order valence-corrected chi connectivity index (χ4v) is 2.00. The first kappa shape index (κ1) is 15.5. The van der Waals surface area contributed by atoms with Gasteiger partial charge in [-0.15, -0.1) is 0 Å². The standard InChI is InChI=1S/C13H18BrN3O2/c1-2-3-4-5-12(18)16-11-7-6-9(14)8-10(11)13(15)17-19/h6-8,19H,2-5H2,1H3,(H2,15,17)(H,16,18). The van der Waals surface area contributed by atoms with Gasteiger partial charge in [0.25, 0.3) is 0 Å². The summed E-state index contributed by atoms with van der Waals surface area (Å²) in [6.07, 6.45) is 3.43. The average molecular weight is 328 g/mol. The Labute approximate surface area is 121 Å². The summed E-state index contributed by atoms with van der Waals surface area (Å²) in [7, 11) is 0. The van der Waals surface area contributed by atoms with E-state index in [2.05, 4.69) is 33.3 Å².